The van der Waals surface area contributed by atoms with Crippen LogP contribution in [0.2, 0.25) is 0 Å². The van der Waals surface area contributed by atoms with E-state index in [0.717, 1.165) is 60.8 Å². The zero-order valence-corrected chi connectivity index (χ0v) is 23.4. The van der Waals surface area contributed by atoms with Crippen LogP contribution in [0.15, 0.2) is 82.2 Å². The summed E-state index contributed by atoms with van der Waals surface area (Å²) in [6.45, 7) is 3.14. The number of aromatic nitrogens is 1. The molecule has 1 unspecified atom stereocenters. The van der Waals surface area contributed by atoms with Gasteiger partial charge in [-0.3, -0.25) is 4.79 Å². The van der Waals surface area contributed by atoms with Gasteiger partial charge in [-0.15, -0.1) is 11.8 Å². The molecule has 0 radical (unpaired) electrons. The number of aliphatic hydroxyl groups is 1. The highest BCUT2D eigenvalue weighted by atomic mass is 32.2. The second-order valence-corrected chi connectivity index (χ2v) is 10.2. The number of benzene rings is 3. The molecule has 8 nitrogen and oxygen atoms in total. The Morgan fingerprint density at radius 1 is 0.950 bits per heavy atom. The van der Waals surface area contributed by atoms with E-state index >= 15 is 0 Å². The minimum absolute atomic E-state index is 0.0771. The predicted octanol–water partition coefficient (Wildman–Crippen LogP) is 4.46. The van der Waals surface area contributed by atoms with Gasteiger partial charge in [-0.05, 0) is 60.5 Å². The first-order chi connectivity index (χ1) is 19.6. The van der Waals surface area contributed by atoms with Crippen LogP contribution >= 0.6 is 11.8 Å². The van der Waals surface area contributed by atoms with Gasteiger partial charge in [-0.1, -0.05) is 60.7 Å². The highest BCUT2D eigenvalue weighted by Gasteiger charge is 2.16. The Balaban J connectivity index is 1.17. The number of phenols is 1. The minimum Gasteiger partial charge on any atom is -0.506 e. The number of oxazole rings is 1. The van der Waals surface area contributed by atoms with E-state index in [2.05, 4.69) is 45.2 Å². The number of anilines is 1. The summed E-state index contributed by atoms with van der Waals surface area (Å²) in [6.07, 6.45) is 5.75. The van der Waals surface area contributed by atoms with E-state index in [0.29, 0.717) is 24.4 Å². The Labute approximate surface area is 239 Å². The number of thioether (sulfide) groups is 1. The molecule has 0 aliphatic carbocycles. The predicted molar refractivity (Wildman–Crippen MR) is 159 cm³/mol. The molecule has 1 aromatic heterocycles. The molecule has 3 aromatic carbocycles. The van der Waals surface area contributed by atoms with Gasteiger partial charge in [0.1, 0.15) is 11.5 Å². The quantitative estimate of drug-likeness (QED) is 0.0590. The van der Waals surface area contributed by atoms with Crippen molar-refractivity contribution in [2.24, 2.45) is 0 Å². The third-order valence-corrected chi connectivity index (χ3v) is 7.45. The number of carbonyl (C=O) groups excluding carboxylic acids is 1. The molecule has 210 valence electrons. The van der Waals surface area contributed by atoms with Crippen LogP contribution in [0.1, 0.15) is 40.0 Å². The number of rotatable bonds is 16. The number of nitrogens with one attached hydrogen (secondary N) is 3. The van der Waals surface area contributed by atoms with Crippen LogP contribution in [0.3, 0.4) is 0 Å². The van der Waals surface area contributed by atoms with Crippen LogP contribution in [0.4, 0.5) is 5.69 Å². The van der Waals surface area contributed by atoms with E-state index in [4.69, 9.17) is 4.42 Å². The summed E-state index contributed by atoms with van der Waals surface area (Å²) in [4.78, 5) is 16.0. The van der Waals surface area contributed by atoms with Gasteiger partial charge in [0.05, 0.1) is 11.9 Å². The van der Waals surface area contributed by atoms with E-state index in [9.17, 15) is 15.0 Å². The lowest BCUT2D eigenvalue weighted by Crippen LogP contribution is -2.20. The largest absolute Gasteiger partial charge is 0.506 e. The summed E-state index contributed by atoms with van der Waals surface area (Å²) in [5, 5.41) is 30.1. The molecule has 1 atom stereocenters. The lowest BCUT2D eigenvalue weighted by atomic mass is 10.1. The van der Waals surface area contributed by atoms with E-state index in [-0.39, 0.29) is 5.75 Å². The van der Waals surface area contributed by atoms with Crippen LogP contribution in [0.5, 0.6) is 5.75 Å². The average Bonchev–Trinajstić information content (AvgIpc) is 3.46. The first-order valence-corrected chi connectivity index (χ1v) is 14.6. The molecule has 0 aliphatic rings. The summed E-state index contributed by atoms with van der Waals surface area (Å²) in [6, 6.07) is 21.5. The smallest absolute Gasteiger partial charge is 0.227 e. The maximum absolute atomic E-state index is 10.9. The Morgan fingerprint density at radius 3 is 2.52 bits per heavy atom. The number of hydrogen-bond donors (Lipinski definition) is 5. The second-order valence-electron chi connectivity index (χ2n) is 9.39. The van der Waals surface area contributed by atoms with Crippen molar-refractivity contribution >= 4 is 23.9 Å². The van der Waals surface area contributed by atoms with Gasteiger partial charge >= 0.3 is 0 Å². The molecule has 5 N–H and O–H groups in total. The highest BCUT2D eigenvalue weighted by molar-refractivity contribution is 7.98. The standard InChI is InChI=1S/C31H36N4O4S/c1-40-30-25(10-11-27(37)28(30)35-21-36)13-16-32-15-12-22-6-5-7-23(18-22)19-33-17-14-26-20-34-31(39-26)29(38)24-8-3-2-4-9-24/h2-11,18,20-21,29,32-33,37-38H,12-17,19H2,1H3,(H,35,36). The molecule has 40 heavy (non-hydrogen) atoms. The molecule has 0 saturated heterocycles. The summed E-state index contributed by atoms with van der Waals surface area (Å²) in [5.41, 5.74) is 4.81. The molecule has 1 amide bonds. The minimum atomic E-state index is -0.862. The van der Waals surface area contributed by atoms with Gasteiger partial charge in [0.2, 0.25) is 12.3 Å². The Kier molecular flexibility index (Phi) is 11.2. The van der Waals surface area contributed by atoms with Crippen molar-refractivity contribution < 1.29 is 19.4 Å². The summed E-state index contributed by atoms with van der Waals surface area (Å²) >= 11 is 1.51. The van der Waals surface area contributed by atoms with Crippen molar-refractivity contribution in [1.82, 2.24) is 15.6 Å². The maximum atomic E-state index is 10.9. The van der Waals surface area contributed by atoms with Crippen molar-refractivity contribution in [2.75, 3.05) is 31.2 Å². The Hall–Kier alpha value is -3.63. The third kappa shape index (κ3) is 8.19. The number of hydrogen-bond acceptors (Lipinski definition) is 8. The molecule has 4 rings (SSSR count). The lowest BCUT2D eigenvalue weighted by Gasteiger charge is -2.14. The lowest BCUT2D eigenvalue weighted by molar-refractivity contribution is -0.105. The van der Waals surface area contributed by atoms with Gasteiger partial charge in [0.15, 0.2) is 6.10 Å². The van der Waals surface area contributed by atoms with Crippen molar-refractivity contribution in [2.45, 2.75) is 36.8 Å². The van der Waals surface area contributed by atoms with Gasteiger partial charge in [-0.25, -0.2) is 4.98 Å². The van der Waals surface area contributed by atoms with Crippen LogP contribution in [-0.2, 0) is 30.6 Å². The molecule has 0 aliphatic heterocycles. The van der Waals surface area contributed by atoms with Crippen LogP contribution in [-0.4, -0.2) is 47.5 Å². The molecule has 0 saturated carbocycles. The fourth-order valence-corrected chi connectivity index (χ4v) is 5.31. The molecule has 0 bridgehead atoms. The molecule has 0 fully saturated rings. The third-order valence-electron chi connectivity index (χ3n) is 6.58. The highest BCUT2D eigenvalue weighted by Crippen LogP contribution is 2.36. The molecular formula is C31H36N4O4S. The number of phenolic OH excluding ortho intramolecular Hbond substituents is 1. The maximum Gasteiger partial charge on any atom is 0.227 e. The summed E-state index contributed by atoms with van der Waals surface area (Å²) in [7, 11) is 0. The van der Waals surface area contributed by atoms with Crippen LogP contribution < -0.4 is 16.0 Å². The van der Waals surface area contributed by atoms with Crippen LogP contribution in [0, 0.1) is 0 Å². The normalized spacial score (nSPS) is 11.8. The fraction of sp³-hybridized carbons (Fsp3) is 0.290. The summed E-state index contributed by atoms with van der Waals surface area (Å²) < 4.78 is 5.76. The van der Waals surface area contributed by atoms with Crippen molar-refractivity contribution in [3.63, 3.8) is 0 Å². The van der Waals surface area contributed by atoms with Gasteiger partial charge < -0.3 is 30.6 Å². The zero-order chi connectivity index (χ0) is 28.2. The van der Waals surface area contributed by atoms with Crippen molar-refractivity contribution in [3.05, 3.63) is 107 Å². The number of aliphatic hydroxyl groups excluding tert-OH is 1. The van der Waals surface area contributed by atoms with E-state index in [1.54, 1.807) is 12.3 Å². The van der Waals surface area contributed by atoms with E-state index in [1.165, 1.54) is 22.9 Å². The van der Waals surface area contributed by atoms with Crippen molar-refractivity contribution in [3.8, 4) is 5.75 Å². The number of amides is 1. The second kappa shape index (κ2) is 15.2. The molecule has 4 aromatic rings. The molecular weight excluding hydrogens is 524 g/mol. The average molecular weight is 561 g/mol. The Morgan fingerprint density at radius 2 is 1.73 bits per heavy atom. The van der Waals surface area contributed by atoms with E-state index < -0.39 is 6.10 Å². The number of carbonyl (C=O) groups is 1. The molecule has 1 heterocycles. The van der Waals surface area contributed by atoms with Gasteiger partial charge in [0.25, 0.3) is 0 Å². The topological polar surface area (TPSA) is 120 Å². The molecule has 0 spiro atoms. The SMILES string of the molecule is CSc1c(CCNCCc2cccc(CNCCc3cnc(C(O)c4ccccc4)o3)c2)ccc(O)c1NC=O. The zero-order valence-electron chi connectivity index (χ0n) is 22.6. The van der Waals surface area contributed by atoms with Gasteiger partial charge in [0, 0.05) is 24.4 Å². The van der Waals surface area contributed by atoms with E-state index in [1.807, 2.05) is 42.7 Å². The van der Waals surface area contributed by atoms with Crippen molar-refractivity contribution in [1.29, 1.82) is 0 Å². The first kappa shape index (κ1) is 29.4. The monoisotopic (exact) mass is 560 g/mol. The number of aromatic hydroxyl groups is 1. The summed E-state index contributed by atoms with van der Waals surface area (Å²) in [5.74, 6) is 1.13. The molecule has 9 heteroatoms. The Bertz CT molecular complexity index is 1360. The fourth-order valence-electron chi connectivity index (χ4n) is 4.51. The first-order valence-electron chi connectivity index (χ1n) is 13.3. The van der Waals surface area contributed by atoms with Gasteiger partial charge in [-0.2, -0.15) is 0 Å². The van der Waals surface area contributed by atoms with Crippen LogP contribution in [0.25, 0.3) is 0 Å². The number of nitrogens with zero attached hydrogens (tertiary/aromatic N) is 1.